The maximum absolute atomic E-state index is 11.2. The molecule has 0 saturated carbocycles. The van der Waals surface area contributed by atoms with Crippen LogP contribution in [0, 0.1) is 0 Å². The highest BCUT2D eigenvalue weighted by atomic mass is 32.2. The largest absolute Gasteiger partial charge is 0.431 e. The van der Waals surface area contributed by atoms with Crippen molar-refractivity contribution < 1.29 is 4.42 Å². The highest BCUT2D eigenvalue weighted by molar-refractivity contribution is 7.99. The fourth-order valence-corrected chi connectivity index (χ4v) is 2.23. The minimum Gasteiger partial charge on any atom is -0.431 e. The van der Waals surface area contributed by atoms with Crippen molar-refractivity contribution in [3.05, 3.63) is 28.7 Å². The molecule has 3 N–H and O–H groups in total. The lowest BCUT2D eigenvalue weighted by molar-refractivity contribution is 0.488. The van der Waals surface area contributed by atoms with Crippen LogP contribution in [-0.2, 0) is 7.05 Å². The summed E-state index contributed by atoms with van der Waals surface area (Å²) < 4.78 is 6.90. The van der Waals surface area contributed by atoms with E-state index in [2.05, 4.69) is 15.2 Å². The summed E-state index contributed by atoms with van der Waals surface area (Å²) in [5.41, 5.74) is 7.28. The first-order valence-electron chi connectivity index (χ1n) is 5.09. The summed E-state index contributed by atoms with van der Waals surface area (Å²) in [4.78, 5) is 15.5. The molecule has 8 heteroatoms. The Balaban J connectivity index is 2.03. The van der Waals surface area contributed by atoms with E-state index >= 15 is 0 Å². The molecule has 3 aromatic rings. The molecule has 0 aliphatic heterocycles. The van der Waals surface area contributed by atoms with E-state index in [4.69, 9.17) is 10.2 Å². The van der Waals surface area contributed by atoms with Gasteiger partial charge in [0, 0.05) is 18.8 Å². The number of aromatic nitrogens is 4. The van der Waals surface area contributed by atoms with Crippen LogP contribution in [0.3, 0.4) is 0 Å². The molecule has 2 aromatic heterocycles. The van der Waals surface area contributed by atoms with Crippen molar-refractivity contribution >= 4 is 28.5 Å². The van der Waals surface area contributed by atoms with Crippen molar-refractivity contribution in [3.8, 4) is 0 Å². The minimum atomic E-state index is -0.284. The highest BCUT2D eigenvalue weighted by Gasteiger charge is 2.13. The van der Waals surface area contributed by atoms with Crippen molar-refractivity contribution in [1.29, 1.82) is 0 Å². The van der Waals surface area contributed by atoms with Gasteiger partial charge in [-0.1, -0.05) is 6.07 Å². The Morgan fingerprint density at radius 1 is 1.50 bits per heavy atom. The second-order valence-electron chi connectivity index (χ2n) is 3.65. The van der Waals surface area contributed by atoms with Crippen LogP contribution in [0.15, 0.2) is 37.8 Å². The quantitative estimate of drug-likeness (QED) is 0.668. The van der Waals surface area contributed by atoms with Crippen molar-refractivity contribution in [2.45, 2.75) is 10.4 Å². The van der Waals surface area contributed by atoms with Crippen LogP contribution in [0.5, 0.6) is 0 Å². The smallest absolute Gasteiger partial charge is 0.343 e. The summed E-state index contributed by atoms with van der Waals surface area (Å²) in [7, 11) is 1.62. The van der Waals surface area contributed by atoms with Crippen LogP contribution in [0.2, 0.25) is 0 Å². The van der Waals surface area contributed by atoms with Crippen LogP contribution < -0.4 is 11.4 Å². The molecule has 92 valence electrons. The third-order valence-corrected chi connectivity index (χ3v) is 3.34. The molecule has 0 atom stereocenters. The van der Waals surface area contributed by atoms with Gasteiger partial charge in [0.2, 0.25) is 5.16 Å². The number of hydrogen-bond donors (Lipinski definition) is 2. The summed E-state index contributed by atoms with van der Waals surface area (Å²) in [6, 6.07) is 5.33. The molecular formula is C10H9N5O2S. The average molecular weight is 263 g/mol. The minimum absolute atomic E-state index is 0.284. The molecule has 0 radical (unpaired) electrons. The lowest BCUT2D eigenvalue weighted by atomic mass is 10.3. The van der Waals surface area contributed by atoms with Gasteiger partial charge in [-0.15, -0.1) is 5.10 Å². The molecule has 0 bridgehead atoms. The second-order valence-corrected chi connectivity index (χ2v) is 4.56. The average Bonchev–Trinajstić information content (AvgIpc) is 2.89. The number of H-pyrrole nitrogens is 1. The number of anilines is 1. The molecule has 0 saturated heterocycles. The van der Waals surface area contributed by atoms with Crippen molar-refractivity contribution in [3.63, 3.8) is 0 Å². The lowest BCUT2D eigenvalue weighted by Crippen LogP contribution is -2.12. The molecule has 18 heavy (non-hydrogen) atoms. The predicted octanol–water partition coefficient (Wildman–Crippen LogP) is 0.983. The number of rotatable bonds is 2. The van der Waals surface area contributed by atoms with Crippen LogP contribution in [0.1, 0.15) is 0 Å². The van der Waals surface area contributed by atoms with Gasteiger partial charge in [-0.05, 0) is 12.1 Å². The first-order chi connectivity index (χ1) is 8.65. The van der Waals surface area contributed by atoms with E-state index < -0.39 is 0 Å². The SMILES string of the molecule is Cn1c(Sc2nc3c(N)cccc3o2)n[nH]c1=O. The number of fused-ring (bicyclic) bond motifs is 1. The monoisotopic (exact) mass is 263 g/mol. The number of benzene rings is 1. The zero-order chi connectivity index (χ0) is 12.7. The zero-order valence-electron chi connectivity index (χ0n) is 9.38. The Morgan fingerprint density at radius 3 is 3.00 bits per heavy atom. The Hall–Kier alpha value is -2.22. The third-order valence-electron chi connectivity index (χ3n) is 2.45. The van der Waals surface area contributed by atoms with Crippen molar-refractivity contribution in [1.82, 2.24) is 19.7 Å². The lowest BCUT2D eigenvalue weighted by Gasteiger charge is -1.92. The van der Waals surface area contributed by atoms with E-state index in [9.17, 15) is 4.79 Å². The number of oxazole rings is 1. The predicted molar refractivity (Wildman–Crippen MR) is 66.4 cm³/mol. The standard InChI is InChI=1S/C10H9N5O2S/c1-15-8(16)13-14-9(15)18-10-12-7-5(11)3-2-4-6(7)17-10/h2-4H,11H2,1H3,(H,13,16). The Bertz CT molecular complexity index is 772. The molecule has 0 amide bonds. The molecule has 1 aromatic carbocycles. The number of nitrogens with zero attached hydrogens (tertiary/aromatic N) is 3. The van der Waals surface area contributed by atoms with E-state index in [-0.39, 0.29) is 5.69 Å². The van der Waals surface area contributed by atoms with Gasteiger partial charge < -0.3 is 10.2 Å². The number of hydrogen-bond acceptors (Lipinski definition) is 6. The zero-order valence-corrected chi connectivity index (χ0v) is 10.2. The normalized spacial score (nSPS) is 11.2. The number of nitrogens with one attached hydrogen (secondary N) is 1. The van der Waals surface area contributed by atoms with Gasteiger partial charge in [0.25, 0.3) is 5.22 Å². The van der Waals surface area contributed by atoms with Crippen molar-refractivity contribution in [2.75, 3.05) is 5.73 Å². The first-order valence-corrected chi connectivity index (χ1v) is 5.91. The molecule has 2 heterocycles. The van der Waals surface area contributed by atoms with Gasteiger partial charge in [0.05, 0.1) is 5.69 Å². The Morgan fingerprint density at radius 2 is 2.33 bits per heavy atom. The van der Waals surface area contributed by atoms with Gasteiger partial charge in [0.1, 0.15) is 5.52 Å². The second kappa shape index (κ2) is 3.91. The Labute approximate surface area is 105 Å². The van der Waals surface area contributed by atoms with Gasteiger partial charge in [-0.25, -0.2) is 14.9 Å². The maximum Gasteiger partial charge on any atom is 0.343 e. The van der Waals surface area contributed by atoms with Gasteiger partial charge in [-0.2, -0.15) is 0 Å². The molecule has 0 spiro atoms. The van der Waals surface area contributed by atoms with E-state index in [1.165, 1.54) is 4.57 Å². The third kappa shape index (κ3) is 1.66. The van der Waals surface area contributed by atoms with Crippen molar-refractivity contribution in [2.24, 2.45) is 7.05 Å². The molecule has 7 nitrogen and oxygen atoms in total. The molecular weight excluding hydrogens is 254 g/mol. The summed E-state index contributed by atoms with van der Waals surface area (Å²) in [5, 5.41) is 7.08. The molecule has 0 fully saturated rings. The number of nitrogen functional groups attached to an aromatic ring is 1. The summed E-state index contributed by atoms with van der Waals surface area (Å²) in [5.74, 6) is 0. The molecule has 3 rings (SSSR count). The first kappa shape index (κ1) is 10.9. The summed E-state index contributed by atoms with van der Waals surface area (Å²) >= 11 is 1.16. The van der Waals surface area contributed by atoms with E-state index in [1.807, 2.05) is 0 Å². The fourth-order valence-electron chi connectivity index (χ4n) is 1.50. The topological polar surface area (TPSA) is 103 Å². The number of para-hydroxylation sites is 1. The fraction of sp³-hybridized carbons (Fsp3) is 0.100. The maximum atomic E-state index is 11.2. The highest BCUT2D eigenvalue weighted by Crippen LogP contribution is 2.29. The van der Waals surface area contributed by atoms with E-state index in [0.29, 0.717) is 27.2 Å². The van der Waals surface area contributed by atoms with Gasteiger partial charge in [0.15, 0.2) is 5.58 Å². The van der Waals surface area contributed by atoms with Crippen LogP contribution in [-0.4, -0.2) is 19.7 Å². The molecule has 0 aliphatic rings. The van der Waals surface area contributed by atoms with Gasteiger partial charge >= 0.3 is 5.69 Å². The van der Waals surface area contributed by atoms with E-state index in [1.54, 1.807) is 25.2 Å². The van der Waals surface area contributed by atoms with Gasteiger partial charge in [-0.3, -0.25) is 4.57 Å². The van der Waals surface area contributed by atoms with Crippen LogP contribution >= 0.6 is 11.8 Å². The molecule has 0 unspecified atom stereocenters. The number of aromatic amines is 1. The van der Waals surface area contributed by atoms with Crippen LogP contribution in [0.4, 0.5) is 5.69 Å². The summed E-state index contributed by atoms with van der Waals surface area (Å²) in [6.07, 6.45) is 0. The Kier molecular flexibility index (Phi) is 2.37. The number of nitrogens with two attached hydrogens (primary N) is 1. The van der Waals surface area contributed by atoms with E-state index in [0.717, 1.165) is 11.8 Å². The molecule has 0 aliphatic carbocycles. The summed E-state index contributed by atoms with van der Waals surface area (Å²) in [6.45, 7) is 0. The van der Waals surface area contributed by atoms with Crippen LogP contribution in [0.25, 0.3) is 11.1 Å².